The van der Waals surface area contributed by atoms with E-state index in [4.69, 9.17) is 4.74 Å². The average Bonchev–Trinajstić information content (AvgIpc) is 2.67. The fourth-order valence-corrected chi connectivity index (χ4v) is 2.36. The topological polar surface area (TPSA) is 84.5 Å². The number of ether oxygens (including phenoxy) is 1. The average molecular weight is 368 g/mol. The molecule has 0 aliphatic rings. The standard InChI is InChI=1S/C21H24N2O4/c1-14-9-10-18(11-15(14)2)21(26)23-13-19(24)27-16(3)20(25)22-12-17-7-5-4-6-8-17/h4-11,16H,12-13H2,1-3H3,(H,22,25)(H,23,26)/t16-/m1/s1. The number of carbonyl (C=O) groups is 3. The second-order valence-corrected chi connectivity index (χ2v) is 6.32. The first-order valence-corrected chi connectivity index (χ1v) is 8.73. The SMILES string of the molecule is Cc1ccc(C(=O)NCC(=O)O[C@H](C)C(=O)NCc2ccccc2)cc1C. The van der Waals surface area contributed by atoms with Crippen molar-refractivity contribution in [1.82, 2.24) is 10.6 Å². The van der Waals surface area contributed by atoms with Crippen molar-refractivity contribution in [2.24, 2.45) is 0 Å². The van der Waals surface area contributed by atoms with Crippen molar-refractivity contribution in [2.45, 2.75) is 33.4 Å². The van der Waals surface area contributed by atoms with Crippen LogP contribution in [0.2, 0.25) is 0 Å². The van der Waals surface area contributed by atoms with E-state index in [0.717, 1.165) is 16.7 Å². The maximum Gasteiger partial charge on any atom is 0.326 e. The lowest BCUT2D eigenvalue weighted by Crippen LogP contribution is -2.38. The van der Waals surface area contributed by atoms with Gasteiger partial charge in [-0.05, 0) is 49.6 Å². The smallest absolute Gasteiger partial charge is 0.326 e. The molecule has 2 aromatic carbocycles. The molecule has 0 fully saturated rings. The summed E-state index contributed by atoms with van der Waals surface area (Å²) in [6, 6.07) is 14.7. The van der Waals surface area contributed by atoms with Crippen LogP contribution in [0.15, 0.2) is 48.5 Å². The van der Waals surface area contributed by atoms with Gasteiger partial charge in [-0.2, -0.15) is 0 Å². The third-order valence-corrected chi connectivity index (χ3v) is 4.15. The van der Waals surface area contributed by atoms with Crippen molar-refractivity contribution in [3.8, 4) is 0 Å². The Kier molecular flexibility index (Phi) is 7.11. The summed E-state index contributed by atoms with van der Waals surface area (Å²) in [5, 5.41) is 5.21. The first-order valence-electron chi connectivity index (χ1n) is 8.73. The number of esters is 1. The molecule has 0 aliphatic carbocycles. The van der Waals surface area contributed by atoms with Crippen molar-refractivity contribution < 1.29 is 19.1 Å². The predicted molar refractivity (Wildman–Crippen MR) is 102 cm³/mol. The number of aryl methyl sites for hydroxylation is 2. The summed E-state index contributed by atoms with van der Waals surface area (Å²) in [7, 11) is 0. The molecule has 27 heavy (non-hydrogen) atoms. The van der Waals surface area contributed by atoms with Crippen molar-refractivity contribution in [2.75, 3.05) is 6.54 Å². The number of rotatable bonds is 7. The molecule has 2 amide bonds. The Balaban J connectivity index is 1.76. The van der Waals surface area contributed by atoms with Crippen LogP contribution in [0.1, 0.15) is 34.0 Å². The van der Waals surface area contributed by atoms with Crippen LogP contribution in [0.5, 0.6) is 0 Å². The predicted octanol–water partition coefficient (Wildman–Crippen LogP) is 2.28. The highest BCUT2D eigenvalue weighted by Crippen LogP contribution is 2.09. The second-order valence-electron chi connectivity index (χ2n) is 6.32. The van der Waals surface area contributed by atoms with Gasteiger partial charge < -0.3 is 15.4 Å². The normalized spacial score (nSPS) is 11.4. The molecule has 2 aromatic rings. The minimum Gasteiger partial charge on any atom is -0.451 e. The van der Waals surface area contributed by atoms with E-state index in [-0.39, 0.29) is 12.5 Å². The van der Waals surface area contributed by atoms with Crippen LogP contribution in [0.25, 0.3) is 0 Å². The molecule has 0 aliphatic heterocycles. The first kappa shape index (κ1) is 20.2. The van der Waals surface area contributed by atoms with Gasteiger partial charge in [-0.3, -0.25) is 14.4 Å². The molecule has 0 bridgehead atoms. The van der Waals surface area contributed by atoms with E-state index in [2.05, 4.69) is 10.6 Å². The lowest BCUT2D eigenvalue weighted by molar-refractivity contribution is -0.153. The van der Waals surface area contributed by atoms with Crippen LogP contribution >= 0.6 is 0 Å². The summed E-state index contributed by atoms with van der Waals surface area (Å²) >= 11 is 0. The summed E-state index contributed by atoms with van der Waals surface area (Å²) < 4.78 is 5.06. The van der Waals surface area contributed by atoms with E-state index < -0.39 is 18.0 Å². The number of benzene rings is 2. The second kappa shape index (κ2) is 9.52. The van der Waals surface area contributed by atoms with Gasteiger partial charge >= 0.3 is 5.97 Å². The summed E-state index contributed by atoms with van der Waals surface area (Å²) in [6.45, 7) is 5.41. The molecule has 0 radical (unpaired) electrons. The maximum atomic E-state index is 12.1. The number of hydrogen-bond donors (Lipinski definition) is 2. The Morgan fingerprint density at radius 2 is 1.67 bits per heavy atom. The van der Waals surface area contributed by atoms with Gasteiger partial charge in [-0.1, -0.05) is 36.4 Å². The molecule has 0 saturated carbocycles. The molecule has 0 heterocycles. The number of carbonyl (C=O) groups excluding carboxylic acids is 3. The fraction of sp³-hybridized carbons (Fsp3) is 0.286. The first-order chi connectivity index (χ1) is 12.9. The van der Waals surface area contributed by atoms with Crippen molar-refractivity contribution in [3.05, 3.63) is 70.8 Å². The highest BCUT2D eigenvalue weighted by molar-refractivity contribution is 5.96. The molecule has 0 saturated heterocycles. The monoisotopic (exact) mass is 368 g/mol. The summed E-state index contributed by atoms with van der Waals surface area (Å²) in [6.07, 6.45) is -0.945. The van der Waals surface area contributed by atoms with E-state index in [0.29, 0.717) is 12.1 Å². The van der Waals surface area contributed by atoms with Crippen LogP contribution in [0.4, 0.5) is 0 Å². The molecular formula is C21H24N2O4. The molecule has 0 spiro atoms. The van der Waals surface area contributed by atoms with E-state index in [9.17, 15) is 14.4 Å². The highest BCUT2D eigenvalue weighted by atomic mass is 16.5. The molecule has 2 N–H and O–H groups in total. The Morgan fingerprint density at radius 1 is 0.963 bits per heavy atom. The van der Waals surface area contributed by atoms with Crippen LogP contribution in [-0.4, -0.2) is 30.4 Å². The van der Waals surface area contributed by atoms with Gasteiger partial charge in [-0.25, -0.2) is 0 Å². The molecule has 1 atom stereocenters. The zero-order valence-electron chi connectivity index (χ0n) is 15.7. The third kappa shape index (κ3) is 6.26. The third-order valence-electron chi connectivity index (χ3n) is 4.15. The van der Waals surface area contributed by atoms with Crippen LogP contribution < -0.4 is 10.6 Å². The Morgan fingerprint density at radius 3 is 2.33 bits per heavy atom. The maximum absolute atomic E-state index is 12.1. The van der Waals surface area contributed by atoms with Gasteiger partial charge in [0, 0.05) is 12.1 Å². The number of amides is 2. The van der Waals surface area contributed by atoms with E-state index in [1.54, 1.807) is 12.1 Å². The summed E-state index contributed by atoms with van der Waals surface area (Å²) in [5.41, 5.74) is 3.50. The summed E-state index contributed by atoms with van der Waals surface area (Å²) in [4.78, 5) is 36.0. The summed E-state index contributed by atoms with van der Waals surface area (Å²) in [5.74, 6) is -1.43. The van der Waals surface area contributed by atoms with Gasteiger partial charge in [0.2, 0.25) is 0 Å². The quantitative estimate of drug-likeness (QED) is 0.735. The van der Waals surface area contributed by atoms with Crippen molar-refractivity contribution >= 4 is 17.8 Å². The van der Waals surface area contributed by atoms with Gasteiger partial charge in [-0.15, -0.1) is 0 Å². The molecular weight excluding hydrogens is 344 g/mol. The van der Waals surface area contributed by atoms with Crippen molar-refractivity contribution in [1.29, 1.82) is 0 Å². The number of nitrogens with one attached hydrogen (secondary N) is 2. The molecule has 6 heteroatoms. The van der Waals surface area contributed by atoms with Crippen LogP contribution in [0, 0.1) is 13.8 Å². The lowest BCUT2D eigenvalue weighted by atomic mass is 10.1. The minimum absolute atomic E-state index is 0.304. The zero-order valence-corrected chi connectivity index (χ0v) is 15.7. The fourth-order valence-electron chi connectivity index (χ4n) is 2.36. The molecule has 6 nitrogen and oxygen atoms in total. The van der Waals surface area contributed by atoms with Crippen molar-refractivity contribution in [3.63, 3.8) is 0 Å². The lowest BCUT2D eigenvalue weighted by Gasteiger charge is -2.14. The van der Waals surface area contributed by atoms with Crippen LogP contribution in [0.3, 0.4) is 0 Å². The van der Waals surface area contributed by atoms with Gasteiger partial charge in [0.25, 0.3) is 11.8 Å². The van der Waals surface area contributed by atoms with Gasteiger partial charge in [0.05, 0.1) is 0 Å². The van der Waals surface area contributed by atoms with Gasteiger partial charge in [0.15, 0.2) is 6.10 Å². The molecule has 142 valence electrons. The molecule has 0 unspecified atom stereocenters. The van der Waals surface area contributed by atoms with E-state index in [1.165, 1.54) is 6.92 Å². The van der Waals surface area contributed by atoms with Gasteiger partial charge in [0.1, 0.15) is 6.54 Å². The number of hydrogen-bond acceptors (Lipinski definition) is 4. The molecule has 0 aromatic heterocycles. The minimum atomic E-state index is -0.945. The van der Waals surface area contributed by atoms with E-state index >= 15 is 0 Å². The Bertz CT molecular complexity index is 818. The Hall–Kier alpha value is -3.15. The Labute approximate surface area is 158 Å². The largest absolute Gasteiger partial charge is 0.451 e. The zero-order chi connectivity index (χ0) is 19.8. The molecule has 2 rings (SSSR count). The van der Waals surface area contributed by atoms with E-state index in [1.807, 2.05) is 50.2 Å². The highest BCUT2D eigenvalue weighted by Gasteiger charge is 2.18. The van der Waals surface area contributed by atoms with Crippen LogP contribution in [-0.2, 0) is 20.9 Å².